The third-order valence-corrected chi connectivity index (χ3v) is 7.06. The fraction of sp³-hybridized carbons (Fsp3) is 0.600. The van der Waals surface area contributed by atoms with Crippen molar-refractivity contribution in [3.63, 3.8) is 0 Å². The van der Waals surface area contributed by atoms with Gasteiger partial charge in [0.15, 0.2) is 0 Å². The predicted molar refractivity (Wildman–Crippen MR) is 106 cm³/mol. The number of aromatic nitrogens is 2. The zero-order valence-corrected chi connectivity index (χ0v) is 17.4. The number of sulfonamides is 1. The second-order valence-corrected chi connectivity index (χ2v) is 9.41. The standard InChI is InChI=1S/C20H27N3O5S/c1-26-18-10-9-16(29(24,25)21-13-15-8-5-11-27-15)12-17(18)19-22-20(28-23-19)14-6-3-2-4-7-14/h9-10,12,14-15,21H,2-8,11,13H2,1H3. The van der Waals surface area contributed by atoms with Crippen molar-refractivity contribution in [3.8, 4) is 17.1 Å². The molecule has 4 rings (SSSR count). The molecule has 1 aliphatic carbocycles. The smallest absolute Gasteiger partial charge is 0.240 e. The summed E-state index contributed by atoms with van der Waals surface area (Å²) in [6.07, 6.45) is 7.40. The maximum Gasteiger partial charge on any atom is 0.240 e. The average Bonchev–Trinajstić information content (AvgIpc) is 3.45. The number of ether oxygens (including phenoxy) is 2. The molecule has 0 spiro atoms. The van der Waals surface area contributed by atoms with E-state index < -0.39 is 10.0 Å². The van der Waals surface area contributed by atoms with Crippen LogP contribution in [0.1, 0.15) is 56.8 Å². The minimum atomic E-state index is -3.69. The summed E-state index contributed by atoms with van der Waals surface area (Å²) in [5.74, 6) is 1.74. The number of nitrogens with zero attached hydrogens (tertiary/aromatic N) is 2. The molecule has 1 N–H and O–H groups in total. The van der Waals surface area contributed by atoms with Gasteiger partial charge in [0, 0.05) is 19.1 Å². The van der Waals surface area contributed by atoms with E-state index in [2.05, 4.69) is 14.9 Å². The molecule has 1 aromatic heterocycles. The molecule has 2 fully saturated rings. The molecule has 2 heterocycles. The van der Waals surface area contributed by atoms with Gasteiger partial charge >= 0.3 is 0 Å². The highest BCUT2D eigenvalue weighted by Gasteiger charge is 2.25. The van der Waals surface area contributed by atoms with Crippen LogP contribution in [0.25, 0.3) is 11.4 Å². The van der Waals surface area contributed by atoms with Crippen LogP contribution in [0.5, 0.6) is 5.75 Å². The second kappa shape index (κ2) is 8.81. The molecule has 1 unspecified atom stereocenters. The summed E-state index contributed by atoms with van der Waals surface area (Å²) in [4.78, 5) is 4.69. The van der Waals surface area contributed by atoms with Crippen LogP contribution in [-0.4, -0.2) is 44.9 Å². The third kappa shape index (κ3) is 4.62. The Balaban J connectivity index is 1.57. The van der Waals surface area contributed by atoms with E-state index in [-0.39, 0.29) is 23.5 Å². The lowest BCUT2D eigenvalue weighted by Crippen LogP contribution is -2.31. The van der Waals surface area contributed by atoms with Gasteiger partial charge in [0.2, 0.25) is 21.7 Å². The molecule has 1 saturated heterocycles. The first-order valence-corrected chi connectivity index (χ1v) is 11.7. The van der Waals surface area contributed by atoms with Crippen molar-refractivity contribution < 1.29 is 22.4 Å². The van der Waals surface area contributed by atoms with Crippen LogP contribution in [0, 0.1) is 0 Å². The third-order valence-electron chi connectivity index (χ3n) is 5.64. The highest BCUT2D eigenvalue weighted by molar-refractivity contribution is 7.89. The number of hydrogen-bond acceptors (Lipinski definition) is 7. The fourth-order valence-corrected chi connectivity index (χ4v) is 5.07. The molecule has 2 aromatic rings. The van der Waals surface area contributed by atoms with Gasteiger partial charge in [-0.3, -0.25) is 0 Å². The van der Waals surface area contributed by atoms with Crippen LogP contribution in [0.15, 0.2) is 27.6 Å². The number of benzene rings is 1. The topological polar surface area (TPSA) is 104 Å². The summed E-state index contributed by atoms with van der Waals surface area (Å²) < 4.78 is 44.5. The van der Waals surface area contributed by atoms with Gasteiger partial charge in [-0.15, -0.1) is 0 Å². The molecule has 0 bridgehead atoms. The first kappa shape index (κ1) is 20.3. The Morgan fingerprint density at radius 3 is 2.72 bits per heavy atom. The summed E-state index contributed by atoms with van der Waals surface area (Å²) >= 11 is 0. The first-order chi connectivity index (χ1) is 14.1. The van der Waals surface area contributed by atoms with E-state index in [4.69, 9.17) is 14.0 Å². The average molecular weight is 422 g/mol. The van der Waals surface area contributed by atoms with Gasteiger partial charge in [-0.25, -0.2) is 13.1 Å². The van der Waals surface area contributed by atoms with Crippen LogP contribution in [0.4, 0.5) is 0 Å². The monoisotopic (exact) mass is 421 g/mol. The molecular formula is C20H27N3O5S. The Bertz CT molecular complexity index is 931. The molecule has 2 aliphatic rings. The van der Waals surface area contributed by atoms with E-state index in [1.165, 1.54) is 25.7 Å². The van der Waals surface area contributed by atoms with Gasteiger partial charge in [-0.1, -0.05) is 24.4 Å². The highest BCUT2D eigenvalue weighted by atomic mass is 32.2. The normalized spacial score (nSPS) is 20.8. The second-order valence-electron chi connectivity index (χ2n) is 7.64. The molecule has 1 aromatic carbocycles. The minimum Gasteiger partial charge on any atom is -0.496 e. The van der Waals surface area contributed by atoms with Gasteiger partial charge in [0.05, 0.1) is 23.7 Å². The summed E-state index contributed by atoms with van der Waals surface area (Å²) in [7, 11) is -2.16. The number of nitrogens with one attached hydrogen (secondary N) is 1. The molecule has 29 heavy (non-hydrogen) atoms. The van der Waals surface area contributed by atoms with Crippen LogP contribution in [0.3, 0.4) is 0 Å². The Morgan fingerprint density at radius 2 is 2.00 bits per heavy atom. The minimum absolute atomic E-state index is 0.0715. The summed E-state index contributed by atoms with van der Waals surface area (Å²) in [5.41, 5.74) is 0.498. The van der Waals surface area contributed by atoms with E-state index in [1.807, 2.05) is 0 Å². The lowest BCUT2D eigenvalue weighted by atomic mass is 9.89. The molecule has 1 aliphatic heterocycles. The summed E-state index contributed by atoms with van der Waals surface area (Å²) in [5, 5.41) is 4.10. The fourth-order valence-electron chi connectivity index (χ4n) is 3.98. The van der Waals surface area contributed by atoms with Crippen molar-refractivity contribution >= 4 is 10.0 Å². The van der Waals surface area contributed by atoms with Crippen LogP contribution in [-0.2, 0) is 14.8 Å². The molecule has 0 amide bonds. The summed E-state index contributed by atoms with van der Waals surface area (Å²) in [6.45, 7) is 0.942. The van der Waals surface area contributed by atoms with Gasteiger partial charge in [0.25, 0.3) is 0 Å². The number of hydrogen-bond donors (Lipinski definition) is 1. The quantitative estimate of drug-likeness (QED) is 0.732. The lowest BCUT2D eigenvalue weighted by molar-refractivity contribution is 0.114. The molecule has 0 radical (unpaired) electrons. The van der Waals surface area contributed by atoms with Gasteiger partial charge < -0.3 is 14.0 Å². The Morgan fingerprint density at radius 1 is 1.17 bits per heavy atom. The van der Waals surface area contributed by atoms with E-state index in [0.29, 0.717) is 29.6 Å². The first-order valence-electron chi connectivity index (χ1n) is 10.2. The van der Waals surface area contributed by atoms with Crippen molar-refractivity contribution in [1.82, 2.24) is 14.9 Å². The van der Waals surface area contributed by atoms with E-state index in [1.54, 1.807) is 6.07 Å². The lowest BCUT2D eigenvalue weighted by Gasteiger charge is -2.17. The van der Waals surface area contributed by atoms with E-state index in [9.17, 15) is 8.42 Å². The van der Waals surface area contributed by atoms with Crippen molar-refractivity contribution in [2.24, 2.45) is 0 Å². The van der Waals surface area contributed by atoms with Crippen LogP contribution >= 0.6 is 0 Å². The van der Waals surface area contributed by atoms with Crippen molar-refractivity contribution in [2.75, 3.05) is 20.3 Å². The molecule has 158 valence electrons. The Kier molecular flexibility index (Phi) is 6.17. The SMILES string of the molecule is COc1ccc(S(=O)(=O)NCC2CCCO2)cc1-c1noc(C2CCCCC2)n1. The van der Waals surface area contributed by atoms with Crippen LogP contribution < -0.4 is 9.46 Å². The van der Waals surface area contributed by atoms with Crippen LogP contribution in [0.2, 0.25) is 0 Å². The highest BCUT2D eigenvalue weighted by Crippen LogP contribution is 2.35. The van der Waals surface area contributed by atoms with Gasteiger partial charge in [0.1, 0.15) is 5.75 Å². The van der Waals surface area contributed by atoms with E-state index >= 15 is 0 Å². The zero-order chi connectivity index (χ0) is 20.3. The molecule has 9 heteroatoms. The maximum atomic E-state index is 12.8. The number of rotatable bonds is 7. The van der Waals surface area contributed by atoms with E-state index in [0.717, 1.165) is 38.5 Å². The van der Waals surface area contributed by atoms with Crippen molar-refractivity contribution in [3.05, 3.63) is 24.1 Å². The largest absolute Gasteiger partial charge is 0.496 e. The Hall–Kier alpha value is -1.97. The molecular weight excluding hydrogens is 394 g/mol. The maximum absolute atomic E-state index is 12.8. The van der Waals surface area contributed by atoms with Gasteiger partial charge in [-0.05, 0) is 43.9 Å². The molecule has 1 saturated carbocycles. The molecule has 1 atom stereocenters. The van der Waals surface area contributed by atoms with Gasteiger partial charge in [-0.2, -0.15) is 4.98 Å². The number of methoxy groups -OCH3 is 1. The van der Waals surface area contributed by atoms with Crippen molar-refractivity contribution in [2.45, 2.75) is 61.9 Å². The predicted octanol–water partition coefficient (Wildman–Crippen LogP) is 3.25. The zero-order valence-electron chi connectivity index (χ0n) is 16.6. The summed E-state index contributed by atoms with van der Waals surface area (Å²) in [6, 6.07) is 4.67. The van der Waals surface area contributed by atoms with Crippen molar-refractivity contribution in [1.29, 1.82) is 0 Å². The molecule has 8 nitrogen and oxygen atoms in total. The Labute approximate surface area is 171 Å².